The van der Waals surface area contributed by atoms with Crippen LogP contribution in [0.5, 0.6) is 0 Å². The number of hydrogen-bond acceptors (Lipinski definition) is 1. The molecule has 0 unspecified atom stereocenters. The lowest BCUT2D eigenvalue weighted by Crippen LogP contribution is -1.95. The molecule has 0 atom stereocenters. The van der Waals surface area contributed by atoms with Crippen molar-refractivity contribution in [2.24, 2.45) is 0 Å². The van der Waals surface area contributed by atoms with Crippen molar-refractivity contribution in [1.82, 2.24) is 0 Å². The lowest BCUT2D eigenvalue weighted by molar-refractivity contribution is 0.628. The molecule has 0 fully saturated rings. The van der Waals surface area contributed by atoms with Gasteiger partial charge in [0.2, 0.25) is 0 Å². The standard InChI is InChI=1S/C14H10FN/c1-8-2-4-10-11-5-3-9(15)7-13(11)14(16)12(10)6-8/h2-7,16H,1H3. The van der Waals surface area contributed by atoms with Gasteiger partial charge >= 0.3 is 0 Å². The van der Waals surface area contributed by atoms with E-state index in [4.69, 9.17) is 5.41 Å². The molecule has 2 aromatic rings. The van der Waals surface area contributed by atoms with Crippen molar-refractivity contribution in [2.45, 2.75) is 6.92 Å². The number of hydrogen-bond donors (Lipinski definition) is 1. The maximum Gasteiger partial charge on any atom is 0.123 e. The average molecular weight is 211 g/mol. The molecular formula is C14H10FN. The first-order valence-corrected chi connectivity index (χ1v) is 5.17. The van der Waals surface area contributed by atoms with E-state index in [9.17, 15) is 4.39 Å². The van der Waals surface area contributed by atoms with Crippen LogP contribution in [-0.2, 0) is 0 Å². The minimum Gasteiger partial charge on any atom is -0.300 e. The van der Waals surface area contributed by atoms with Gasteiger partial charge in [0.15, 0.2) is 0 Å². The van der Waals surface area contributed by atoms with Crippen LogP contribution in [-0.4, -0.2) is 5.71 Å². The second kappa shape index (κ2) is 3.01. The van der Waals surface area contributed by atoms with E-state index < -0.39 is 0 Å². The van der Waals surface area contributed by atoms with E-state index in [1.54, 1.807) is 6.07 Å². The van der Waals surface area contributed by atoms with Crippen LogP contribution < -0.4 is 0 Å². The molecule has 3 rings (SSSR count). The maximum absolute atomic E-state index is 13.1. The molecule has 0 bridgehead atoms. The van der Waals surface area contributed by atoms with Gasteiger partial charge in [-0.1, -0.05) is 23.8 Å². The van der Waals surface area contributed by atoms with Crippen molar-refractivity contribution < 1.29 is 4.39 Å². The van der Waals surface area contributed by atoms with Crippen LogP contribution in [0.2, 0.25) is 0 Å². The second-order valence-electron chi connectivity index (χ2n) is 4.11. The van der Waals surface area contributed by atoms with Crippen LogP contribution in [0.3, 0.4) is 0 Å². The summed E-state index contributed by atoms with van der Waals surface area (Å²) < 4.78 is 13.1. The number of halogens is 1. The van der Waals surface area contributed by atoms with Gasteiger partial charge in [0, 0.05) is 11.1 Å². The zero-order chi connectivity index (χ0) is 11.3. The summed E-state index contributed by atoms with van der Waals surface area (Å²) in [5.74, 6) is -0.284. The van der Waals surface area contributed by atoms with Crippen LogP contribution in [0.1, 0.15) is 16.7 Å². The highest BCUT2D eigenvalue weighted by Crippen LogP contribution is 2.36. The number of nitrogens with one attached hydrogen (secondary N) is 1. The lowest BCUT2D eigenvalue weighted by Gasteiger charge is -2.00. The molecule has 0 heterocycles. The van der Waals surface area contributed by atoms with Gasteiger partial charge in [0.1, 0.15) is 5.82 Å². The molecular weight excluding hydrogens is 201 g/mol. The zero-order valence-electron chi connectivity index (χ0n) is 8.84. The summed E-state index contributed by atoms with van der Waals surface area (Å²) >= 11 is 0. The molecule has 1 aliphatic carbocycles. The topological polar surface area (TPSA) is 23.9 Å². The third-order valence-corrected chi connectivity index (χ3v) is 2.99. The summed E-state index contributed by atoms with van der Waals surface area (Å²) in [5.41, 5.74) is 5.14. The lowest BCUT2D eigenvalue weighted by atomic mass is 10.0. The first-order chi connectivity index (χ1) is 7.66. The minimum atomic E-state index is -0.284. The first-order valence-electron chi connectivity index (χ1n) is 5.17. The fourth-order valence-electron chi connectivity index (χ4n) is 2.20. The van der Waals surface area contributed by atoms with Gasteiger partial charge in [0.05, 0.1) is 5.71 Å². The molecule has 0 spiro atoms. The molecule has 0 amide bonds. The molecule has 2 heteroatoms. The van der Waals surface area contributed by atoms with Crippen molar-refractivity contribution in [1.29, 1.82) is 5.41 Å². The van der Waals surface area contributed by atoms with Gasteiger partial charge in [-0.15, -0.1) is 0 Å². The Labute approximate surface area is 93.1 Å². The highest BCUT2D eigenvalue weighted by Gasteiger charge is 2.23. The van der Waals surface area contributed by atoms with Gasteiger partial charge in [0.25, 0.3) is 0 Å². The van der Waals surface area contributed by atoms with Crippen molar-refractivity contribution in [2.75, 3.05) is 0 Å². The van der Waals surface area contributed by atoms with E-state index in [1.807, 2.05) is 25.1 Å². The molecule has 1 nitrogen and oxygen atoms in total. The Balaban J connectivity index is 2.34. The first kappa shape index (κ1) is 9.28. The van der Waals surface area contributed by atoms with Crippen LogP contribution in [0.4, 0.5) is 4.39 Å². The largest absolute Gasteiger partial charge is 0.300 e. The number of benzene rings is 2. The summed E-state index contributed by atoms with van der Waals surface area (Å²) in [4.78, 5) is 0. The van der Waals surface area contributed by atoms with Crippen LogP contribution >= 0.6 is 0 Å². The molecule has 0 radical (unpaired) electrons. The van der Waals surface area contributed by atoms with Gasteiger partial charge in [-0.05, 0) is 36.2 Å². The van der Waals surface area contributed by atoms with E-state index in [0.29, 0.717) is 11.3 Å². The van der Waals surface area contributed by atoms with Gasteiger partial charge < -0.3 is 0 Å². The summed E-state index contributed by atoms with van der Waals surface area (Å²) in [5, 5.41) is 8.04. The highest BCUT2D eigenvalue weighted by atomic mass is 19.1. The Morgan fingerprint density at radius 2 is 1.50 bits per heavy atom. The summed E-state index contributed by atoms with van der Waals surface area (Å²) in [7, 11) is 0. The van der Waals surface area contributed by atoms with Crippen LogP contribution in [0.25, 0.3) is 11.1 Å². The molecule has 0 aromatic heterocycles. The average Bonchev–Trinajstić information content (AvgIpc) is 2.53. The van der Waals surface area contributed by atoms with E-state index in [1.165, 1.54) is 12.1 Å². The normalized spacial score (nSPS) is 12.5. The predicted octanol–water partition coefficient (Wildman–Crippen LogP) is 3.53. The monoisotopic (exact) mass is 211 g/mol. The number of rotatable bonds is 0. The van der Waals surface area contributed by atoms with E-state index in [-0.39, 0.29) is 5.82 Å². The molecule has 0 saturated heterocycles. The fourth-order valence-corrected chi connectivity index (χ4v) is 2.20. The molecule has 0 saturated carbocycles. The van der Waals surface area contributed by atoms with E-state index in [0.717, 1.165) is 22.3 Å². The molecule has 16 heavy (non-hydrogen) atoms. The summed E-state index contributed by atoms with van der Waals surface area (Å²) in [6.07, 6.45) is 0. The fraction of sp³-hybridized carbons (Fsp3) is 0.0714. The minimum absolute atomic E-state index is 0.284. The van der Waals surface area contributed by atoms with Gasteiger partial charge in [-0.3, -0.25) is 5.41 Å². The van der Waals surface area contributed by atoms with Crippen molar-refractivity contribution in [3.63, 3.8) is 0 Å². The Morgan fingerprint density at radius 3 is 2.25 bits per heavy atom. The smallest absolute Gasteiger partial charge is 0.123 e. The highest BCUT2D eigenvalue weighted by molar-refractivity contribution is 6.23. The number of fused-ring (bicyclic) bond motifs is 3. The molecule has 1 N–H and O–H groups in total. The second-order valence-corrected chi connectivity index (χ2v) is 4.11. The number of aryl methyl sites for hydroxylation is 1. The molecule has 78 valence electrons. The van der Waals surface area contributed by atoms with Crippen molar-refractivity contribution in [3.05, 3.63) is 58.9 Å². The van der Waals surface area contributed by atoms with Crippen LogP contribution in [0.15, 0.2) is 36.4 Å². The van der Waals surface area contributed by atoms with Crippen LogP contribution in [0, 0.1) is 18.2 Å². The van der Waals surface area contributed by atoms with Crippen molar-refractivity contribution in [3.8, 4) is 11.1 Å². The molecule has 1 aliphatic rings. The third kappa shape index (κ3) is 1.13. The maximum atomic E-state index is 13.1. The van der Waals surface area contributed by atoms with E-state index >= 15 is 0 Å². The van der Waals surface area contributed by atoms with Gasteiger partial charge in [-0.25, -0.2) is 4.39 Å². The quantitative estimate of drug-likeness (QED) is 0.588. The summed E-state index contributed by atoms with van der Waals surface area (Å²) in [6, 6.07) is 10.6. The van der Waals surface area contributed by atoms with Crippen molar-refractivity contribution >= 4 is 5.71 Å². The zero-order valence-corrected chi connectivity index (χ0v) is 8.84. The summed E-state index contributed by atoms with van der Waals surface area (Å²) in [6.45, 7) is 2.00. The predicted molar refractivity (Wildman–Crippen MR) is 62.5 cm³/mol. The van der Waals surface area contributed by atoms with Gasteiger partial charge in [-0.2, -0.15) is 0 Å². The molecule has 0 aliphatic heterocycles. The molecule has 2 aromatic carbocycles. The van der Waals surface area contributed by atoms with E-state index in [2.05, 4.69) is 0 Å². The Bertz CT molecular complexity index is 561. The Kier molecular flexibility index (Phi) is 1.75. The Hall–Kier alpha value is -1.96. The Morgan fingerprint density at radius 1 is 0.875 bits per heavy atom. The SMILES string of the molecule is Cc1ccc2c(c1)C(=N)c1cc(F)ccc1-2. The third-order valence-electron chi connectivity index (χ3n) is 2.99.